The maximum absolute atomic E-state index is 6.26. The number of rotatable bonds is 3. The van der Waals surface area contributed by atoms with E-state index in [1.165, 1.54) is 11.1 Å². The molecule has 3 heteroatoms. The zero-order valence-electron chi connectivity index (χ0n) is 10.8. The fraction of sp³-hybridized carbons (Fsp3) is 0.312. The summed E-state index contributed by atoms with van der Waals surface area (Å²) in [7, 11) is 0. The number of nitrogens with zero attached hydrogens (tertiary/aromatic N) is 1. The van der Waals surface area contributed by atoms with Crippen LogP contribution in [0.1, 0.15) is 35.3 Å². The molecule has 98 valence electrons. The Balaban J connectivity index is 1.78. The van der Waals surface area contributed by atoms with Crippen LogP contribution in [0.2, 0.25) is 0 Å². The van der Waals surface area contributed by atoms with Crippen LogP contribution >= 0.6 is 0 Å². The van der Waals surface area contributed by atoms with Crippen LogP contribution in [0.25, 0.3) is 0 Å². The SMILES string of the molecule is NC(CC1OCCc2ccccc21)c1cccnc1. The Morgan fingerprint density at radius 3 is 3.00 bits per heavy atom. The standard InChI is InChI=1S/C16H18N2O/c17-15(13-5-3-8-18-11-13)10-16-14-6-2-1-4-12(14)7-9-19-16/h1-6,8,11,15-16H,7,9-10,17H2. The van der Waals surface area contributed by atoms with E-state index in [0.717, 1.165) is 25.0 Å². The van der Waals surface area contributed by atoms with Crippen LogP contribution in [0.5, 0.6) is 0 Å². The largest absolute Gasteiger partial charge is 0.373 e. The Kier molecular flexibility index (Phi) is 3.58. The first-order valence-corrected chi connectivity index (χ1v) is 6.69. The van der Waals surface area contributed by atoms with Gasteiger partial charge in [0.05, 0.1) is 12.7 Å². The first-order valence-electron chi connectivity index (χ1n) is 6.69. The van der Waals surface area contributed by atoms with E-state index in [4.69, 9.17) is 10.5 Å². The number of hydrogen-bond donors (Lipinski definition) is 1. The van der Waals surface area contributed by atoms with Gasteiger partial charge in [-0.2, -0.15) is 0 Å². The third-order valence-corrected chi connectivity index (χ3v) is 3.67. The minimum Gasteiger partial charge on any atom is -0.373 e. The molecule has 2 unspecified atom stereocenters. The van der Waals surface area contributed by atoms with E-state index in [1.54, 1.807) is 6.20 Å². The van der Waals surface area contributed by atoms with Crippen LogP contribution < -0.4 is 5.73 Å². The first kappa shape index (κ1) is 12.3. The normalized spacial score (nSPS) is 19.7. The molecule has 19 heavy (non-hydrogen) atoms. The number of fused-ring (bicyclic) bond motifs is 1. The molecule has 3 nitrogen and oxygen atoms in total. The van der Waals surface area contributed by atoms with Gasteiger partial charge in [0.25, 0.3) is 0 Å². The van der Waals surface area contributed by atoms with Crippen molar-refractivity contribution >= 4 is 0 Å². The molecule has 0 fully saturated rings. The van der Waals surface area contributed by atoms with Gasteiger partial charge in [0.15, 0.2) is 0 Å². The maximum atomic E-state index is 6.26. The molecule has 0 bridgehead atoms. The predicted molar refractivity (Wildman–Crippen MR) is 74.6 cm³/mol. The van der Waals surface area contributed by atoms with E-state index in [2.05, 4.69) is 29.2 Å². The number of nitrogens with two attached hydrogens (primary N) is 1. The van der Waals surface area contributed by atoms with Gasteiger partial charge in [0.2, 0.25) is 0 Å². The smallest absolute Gasteiger partial charge is 0.0845 e. The highest BCUT2D eigenvalue weighted by atomic mass is 16.5. The third-order valence-electron chi connectivity index (χ3n) is 3.67. The fourth-order valence-corrected chi connectivity index (χ4v) is 2.63. The quantitative estimate of drug-likeness (QED) is 0.916. The monoisotopic (exact) mass is 254 g/mol. The van der Waals surface area contributed by atoms with Gasteiger partial charge in [-0.05, 0) is 35.6 Å². The highest BCUT2D eigenvalue weighted by Gasteiger charge is 2.23. The summed E-state index contributed by atoms with van der Waals surface area (Å²) in [5.41, 5.74) is 10.00. The maximum Gasteiger partial charge on any atom is 0.0845 e. The second kappa shape index (κ2) is 5.51. The summed E-state index contributed by atoms with van der Waals surface area (Å²) in [6.45, 7) is 0.779. The zero-order chi connectivity index (χ0) is 13.1. The summed E-state index contributed by atoms with van der Waals surface area (Å²) >= 11 is 0. The lowest BCUT2D eigenvalue weighted by Crippen LogP contribution is -2.21. The summed E-state index contributed by atoms with van der Waals surface area (Å²) in [4.78, 5) is 4.12. The van der Waals surface area contributed by atoms with Crippen LogP contribution in [0, 0.1) is 0 Å². The second-order valence-electron chi connectivity index (χ2n) is 4.94. The van der Waals surface area contributed by atoms with Gasteiger partial charge < -0.3 is 10.5 Å². The molecule has 2 aromatic rings. The molecule has 1 aliphatic heterocycles. The Morgan fingerprint density at radius 1 is 1.26 bits per heavy atom. The molecule has 1 aromatic carbocycles. The lowest BCUT2D eigenvalue weighted by Gasteiger charge is -2.28. The summed E-state index contributed by atoms with van der Waals surface area (Å²) in [5, 5.41) is 0. The summed E-state index contributed by atoms with van der Waals surface area (Å²) in [6, 6.07) is 12.4. The first-order chi connectivity index (χ1) is 9.34. The van der Waals surface area contributed by atoms with Crippen LogP contribution in [-0.4, -0.2) is 11.6 Å². The van der Waals surface area contributed by atoms with E-state index in [0.29, 0.717) is 0 Å². The highest BCUT2D eigenvalue weighted by Crippen LogP contribution is 2.33. The van der Waals surface area contributed by atoms with Crippen molar-refractivity contribution in [3.63, 3.8) is 0 Å². The van der Waals surface area contributed by atoms with Gasteiger partial charge in [-0.1, -0.05) is 30.3 Å². The molecule has 1 aliphatic rings. The molecule has 0 radical (unpaired) electrons. The Bertz CT molecular complexity index is 541. The van der Waals surface area contributed by atoms with Crippen molar-refractivity contribution in [2.45, 2.75) is 25.0 Å². The molecule has 1 aromatic heterocycles. The van der Waals surface area contributed by atoms with Crippen LogP contribution in [0.3, 0.4) is 0 Å². The highest BCUT2D eigenvalue weighted by molar-refractivity contribution is 5.31. The van der Waals surface area contributed by atoms with Gasteiger partial charge in [0.1, 0.15) is 0 Å². The molecular formula is C16H18N2O. The van der Waals surface area contributed by atoms with Crippen LogP contribution in [0.4, 0.5) is 0 Å². The number of ether oxygens (including phenoxy) is 1. The van der Waals surface area contributed by atoms with Crippen molar-refractivity contribution in [3.05, 3.63) is 65.5 Å². The van der Waals surface area contributed by atoms with Crippen molar-refractivity contribution < 1.29 is 4.74 Å². The molecular weight excluding hydrogens is 236 g/mol. The molecule has 0 saturated carbocycles. The van der Waals surface area contributed by atoms with Crippen molar-refractivity contribution in [1.82, 2.24) is 4.98 Å². The summed E-state index contributed by atoms with van der Waals surface area (Å²) in [5.74, 6) is 0. The molecule has 0 amide bonds. The van der Waals surface area contributed by atoms with Crippen molar-refractivity contribution in [1.29, 1.82) is 0 Å². The molecule has 3 rings (SSSR count). The molecule has 0 spiro atoms. The van der Waals surface area contributed by atoms with E-state index < -0.39 is 0 Å². The average Bonchev–Trinajstić information content (AvgIpc) is 2.48. The Hall–Kier alpha value is -1.71. The third kappa shape index (κ3) is 2.67. The number of hydrogen-bond acceptors (Lipinski definition) is 3. The molecule has 0 saturated heterocycles. The minimum atomic E-state index is -0.0372. The molecule has 2 atom stereocenters. The Morgan fingerprint density at radius 2 is 2.16 bits per heavy atom. The van der Waals surface area contributed by atoms with Gasteiger partial charge in [-0.3, -0.25) is 4.98 Å². The lowest BCUT2D eigenvalue weighted by atomic mass is 9.92. The van der Waals surface area contributed by atoms with Gasteiger partial charge in [0, 0.05) is 18.4 Å². The fourth-order valence-electron chi connectivity index (χ4n) is 2.63. The number of aromatic nitrogens is 1. The van der Waals surface area contributed by atoms with Gasteiger partial charge >= 0.3 is 0 Å². The van der Waals surface area contributed by atoms with E-state index in [-0.39, 0.29) is 12.1 Å². The molecule has 2 N–H and O–H groups in total. The predicted octanol–water partition coefficient (Wildman–Crippen LogP) is 2.79. The van der Waals surface area contributed by atoms with Crippen molar-refractivity contribution in [2.24, 2.45) is 5.73 Å². The van der Waals surface area contributed by atoms with E-state index in [1.807, 2.05) is 18.3 Å². The van der Waals surface area contributed by atoms with Crippen LogP contribution in [0.15, 0.2) is 48.8 Å². The van der Waals surface area contributed by atoms with Gasteiger partial charge in [-0.25, -0.2) is 0 Å². The minimum absolute atomic E-state index is 0.0372. The van der Waals surface area contributed by atoms with E-state index >= 15 is 0 Å². The van der Waals surface area contributed by atoms with Crippen LogP contribution in [-0.2, 0) is 11.2 Å². The topological polar surface area (TPSA) is 48.1 Å². The zero-order valence-corrected chi connectivity index (χ0v) is 10.8. The number of benzene rings is 1. The van der Waals surface area contributed by atoms with Gasteiger partial charge in [-0.15, -0.1) is 0 Å². The summed E-state index contributed by atoms with van der Waals surface area (Å²) in [6.07, 6.45) is 5.49. The average molecular weight is 254 g/mol. The Labute approximate surface area is 113 Å². The van der Waals surface area contributed by atoms with Crippen molar-refractivity contribution in [2.75, 3.05) is 6.61 Å². The molecule has 2 heterocycles. The molecule has 0 aliphatic carbocycles. The number of pyridine rings is 1. The van der Waals surface area contributed by atoms with E-state index in [9.17, 15) is 0 Å². The summed E-state index contributed by atoms with van der Waals surface area (Å²) < 4.78 is 5.90. The second-order valence-corrected chi connectivity index (χ2v) is 4.94. The lowest BCUT2D eigenvalue weighted by molar-refractivity contribution is 0.0319. The van der Waals surface area contributed by atoms with Crippen molar-refractivity contribution in [3.8, 4) is 0 Å².